The molecule has 1 aliphatic rings. The van der Waals surface area contributed by atoms with E-state index < -0.39 is 0 Å². The minimum Gasteiger partial charge on any atom is -0.465 e. The number of nitrogens with one attached hydrogen (secondary N) is 2. The minimum absolute atomic E-state index is 0.385. The Labute approximate surface area is 178 Å². The summed E-state index contributed by atoms with van der Waals surface area (Å²) in [7, 11) is 1.37. The van der Waals surface area contributed by atoms with Gasteiger partial charge in [0, 0.05) is 36.2 Å². The number of hydrogen-bond acceptors (Lipinski definition) is 9. The normalized spacial score (nSPS) is 13.7. The highest BCUT2D eigenvalue weighted by molar-refractivity contribution is 7.14. The molecule has 0 spiro atoms. The Morgan fingerprint density at radius 3 is 2.67 bits per heavy atom. The summed E-state index contributed by atoms with van der Waals surface area (Å²) in [6, 6.07) is 9.90. The number of morpholine rings is 1. The Morgan fingerprint density at radius 2 is 1.93 bits per heavy atom. The summed E-state index contributed by atoms with van der Waals surface area (Å²) < 4.78 is 10.2. The molecule has 9 heteroatoms. The van der Waals surface area contributed by atoms with Crippen LogP contribution >= 0.6 is 11.3 Å². The second-order valence-electron chi connectivity index (χ2n) is 6.78. The molecule has 1 saturated heterocycles. The number of esters is 1. The summed E-state index contributed by atoms with van der Waals surface area (Å²) in [5, 5.41) is 8.98. The molecule has 156 valence electrons. The fourth-order valence-corrected chi connectivity index (χ4v) is 3.89. The molecule has 8 nitrogen and oxygen atoms in total. The van der Waals surface area contributed by atoms with E-state index in [-0.39, 0.29) is 5.97 Å². The zero-order valence-corrected chi connectivity index (χ0v) is 17.7. The van der Waals surface area contributed by atoms with Gasteiger partial charge in [-0.15, -0.1) is 11.3 Å². The van der Waals surface area contributed by atoms with Gasteiger partial charge in [0.1, 0.15) is 10.8 Å². The zero-order chi connectivity index (χ0) is 20.9. The summed E-state index contributed by atoms with van der Waals surface area (Å²) in [5.74, 6) is 0.715. The summed E-state index contributed by atoms with van der Waals surface area (Å²) in [6.07, 6.45) is 1.74. The molecule has 4 rings (SSSR count). The molecule has 0 bridgehead atoms. The van der Waals surface area contributed by atoms with Crippen molar-refractivity contribution in [3.63, 3.8) is 0 Å². The van der Waals surface area contributed by atoms with Crippen molar-refractivity contribution in [3.05, 3.63) is 53.0 Å². The summed E-state index contributed by atoms with van der Waals surface area (Å²) in [5.41, 5.74) is 3.42. The average Bonchev–Trinajstić information content (AvgIpc) is 3.25. The fourth-order valence-electron chi connectivity index (χ4n) is 3.12. The number of anilines is 5. The first kappa shape index (κ1) is 20.1. The molecule has 0 radical (unpaired) electrons. The van der Waals surface area contributed by atoms with Crippen molar-refractivity contribution >= 4 is 45.4 Å². The number of rotatable bonds is 6. The largest absolute Gasteiger partial charge is 0.465 e. The Hall–Kier alpha value is -3.17. The van der Waals surface area contributed by atoms with Crippen LogP contribution in [0.25, 0.3) is 0 Å². The molecule has 0 atom stereocenters. The van der Waals surface area contributed by atoms with Crippen LogP contribution in [-0.2, 0) is 9.47 Å². The van der Waals surface area contributed by atoms with Gasteiger partial charge in [-0.25, -0.2) is 9.78 Å². The fraction of sp³-hybridized carbons (Fsp3) is 0.286. The maximum absolute atomic E-state index is 11.9. The number of aryl methyl sites for hydroxylation is 1. The van der Waals surface area contributed by atoms with Gasteiger partial charge in [0.25, 0.3) is 0 Å². The van der Waals surface area contributed by atoms with E-state index in [1.807, 2.05) is 24.4 Å². The highest BCUT2D eigenvalue weighted by Gasteiger charge is 2.15. The van der Waals surface area contributed by atoms with Gasteiger partial charge in [-0.3, -0.25) is 0 Å². The molecule has 0 aliphatic carbocycles. The van der Waals surface area contributed by atoms with Crippen molar-refractivity contribution in [2.24, 2.45) is 0 Å². The van der Waals surface area contributed by atoms with Gasteiger partial charge in [-0.2, -0.15) is 4.98 Å². The number of benzene rings is 1. The highest BCUT2D eigenvalue weighted by Crippen LogP contribution is 2.29. The van der Waals surface area contributed by atoms with Crippen LogP contribution in [0, 0.1) is 6.92 Å². The Balaban J connectivity index is 1.48. The van der Waals surface area contributed by atoms with Gasteiger partial charge in [-0.1, -0.05) is 0 Å². The third-order valence-electron chi connectivity index (χ3n) is 4.77. The van der Waals surface area contributed by atoms with E-state index >= 15 is 0 Å². The first-order chi connectivity index (χ1) is 14.6. The van der Waals surface area contributed by atoms with E-state index in [2.05, 4.69) is 37.6 Å². The lowest BCUT2D eigenvalue weighted by molar-refractivity contribution is 0.0602. The number of nitrogens with zero attached hydrogens (tertiary/aromatic N) is 3. The number of ether oxygens (including phenoxy) is 2. The van der Waals surface area contributed by atoms with Crippen molar-refractivity contribution in [2.45, 2.75) is 6.92 Å². The highest BCUT2D eigenvalue weighted by atomic mass is 32.1. The lowest BCUT2D eigenvalue weighted by Crippen LogP contribution is -2.36. The van der Waals surface area contributed by atoms with Crippen molar-refractivity contribution in [2.75, 3.05) is 48.9 Å². The number of carbonyl (C=O) groups excluding carboxylic acids is 1. The first-order valence-corrected chi connectivity index (χ1v) is 10.5. The Bertz CT molecular complexity index is 1020. The van der Waals surface area contributed by atoms with E-state index in [1.165, 1.54) is 24.1 Å². The molecule has 2 aromatic heterocycles. The third kappa shape index (κ3) is 4.52. The quantitative estimate of drug-likeness (QED) is 0.574. The van der Waals surface area contributed by atoms with Crippen LogP contribution in [0.15, 0.2) is 41.9 Å². The predicted octanol–water partition coefficient (Wildman–Crippen LogP) is 3.96. The molecule has 30 heavy (non-hydrogen) atoms. The van der Waals surface area contributed by atoms with Gasteiger partial charge in [0.15, 0.2) is 0 Å². The monoisotopic (exact) mass is 425 g/mol. The lowest BCUT2D eigenvalue weighted by atomic mass is 10.2. The maximum atomic E-state index is 11.9. The second kappa shape index (κ2) is 9.10. The molecule has 3 heterocycles. The van der Waals surface area contributed by atoms with Crippen LogP contribution in [0.2, 0.25) is 0 Å². The minimum atomic E-state index is -0.385. The van der Waals surface area contributed by atoms with E-state index in [9.17, 15) is 4.79 Å². The first-order valence-electron chi connectivity index (χ1n) is 9.60. The maximum Gasteiger partial charge on any atom is 0.340 e. The van der Waals surface area contributed by atoms with Gasteiger partial charge >= 0.3 is 5.97 Å². The average molecular weight is 426 g/mol. The number of hydrogen-bond donors (Lipinski definition) is 2. The molecule has 3 aromatic rings. The van der Waals surface area contributed by atoms with Crippen LogP contribution in [-0.4, -0.2) is 49.4 Å². The molecule has 2 N–H and O–H groups in total. The smallest absolute Gasteiger partial charge is 0.340 e. The SMILES string of the molecule is COC(=O)c1ccsc1Nc1nc(Nc2ccc(N3CCOCC3)cc2)ncc1C. The molecule has 1 aromatic carbocycles. The van der Waals surface area contributed by atoms with E-state index in [4.69, 9.17) is 9.47 Å². The molecular formula is C21H23N5O3S. The van der Waals surface area contributed by atoms with Crippen molar-refractivity contribution < 1.29 is 14.3 Å². The summed E-state index contributed by atoms with van der Waals surface area (Å²) in [6.45, 7) is 5.23. The van der Waals surface area contributed by atoms with E-state index in [0.29, 0.717) is 22.3 Å². The molecule has 1 aliphatic heterocycles. The van der Waals surface area contributed by atoms with Crippen LogP contribution in [0.3, 0.4) is 0 Å². The molecule has 0 saturated carbocycles. The second-order valence-corrected chi connectivity index (χ2v) is 7.69. The van der Waals surface area contributed by atoms with Crippen LogP contribution in [0.5, 0.6) is 0 Å². The molecular weight excluding hydrogens is 402 g/mol. The molecule has 1 fully saturated rings. The van der Waals surface area contributed by atoms with Crippen molar-refractivity contribution in [1.29, 1.82) is 0 Å². The van der Waals surface area contributed by atoms with Gasteiger partial charge in [0.05, 0.1) is 25.9 Å². The summed E-state index contributed by atoms with van der Waals surface area (Å²) in [4.78, 5) is 23.2. The van der Waals surface area contributed by atoms with Crippen LogP contribution < -0.4 is 15.5 Å². The van der Waals surface area contributed by atoms with E-state index in [1.54, 1.807) is 12.3 Å². The van der Waals surface area contributed by atoms with Crippen LogP contribution in [0.1, 0.15) is 15.9 Å². The van der Waals surface area contributed by atoms with E-state index in [0.717, 1.165) is 37.6 Å². The molecule has 0 amide bonds. The summed E-state index contributed by atoms with van der Waals surface area (Å²) >= 11 is 1.42. The topological polar surface area (TPSA) is 88.6 Å². The zero-order valence-electron chi connectivity index (χ0n) is 16.8. The van der Waals surface area contributed by atoms with Crippen molar-refractivity contribution in [1.82, 2.24) is 9.97 Å². The Morgan fingerprint density at radius 1 is 1.17 bits per heavy atom. The van der Waals surface area contributed by atoms with Crippen molar-refractivity contribution in [3.8, 4) is 0 Å². The third-order valence-corrected chi connectivity index (χ3v) is 5.60. The number of methoxy groups -OCH3 is 1. The number of aromatic nitrogens is 2. The number of carbonyl (C=O) groups is 1. The standard InChI is InChI=1S/C21H23N5O3S/c1-14-13-22-21(25-18(14)24-19-17(7-12-30-19)20(27)28-2)23-15-3-5-16(6-4-15)26-8-10-29-11-9-26/h3-7,12-13H,8-11H2,1-2H3,(H2,22,23,24,25). The van der Waals surface area contributed by atoms with Crippen LogP contribution in [0.4, 0.5) is 28.1 Å². The van der Waals surface area contributed by atoms with Gasteiger partial charge in [0.2, 0.25) is 5.95 Å². The van der Waals surface area contributed by atoms with Gasteiger partial charge in [-0.05, 0) is 42.6 Å². The lowest BCUT2D eigenvalue weighted by Gasteiger charge is -2.28. The Kier molecular flexibility index (Phi) is 6.10. The van der Waals surface area contributed by atoms with Gasteiger partial charge < -0.3 is 25.0 Å². The number of thiophene rings is 1. The molecule has 0 unspecified atom stereocenters. The predicted molar refractivity (Wildman–Crippen MR) is 118 cm³/mol.